The summed E-state index contributed by atoms with van der Waals surface area (Å²) in [6, 6.07) is 6.90. The molecular formula is C14H23NO3S. The molecule has 0 aromatic heterocycles. The largest absolute Gasteiger partial charge is 0.389 e. The zero-order chi connectivity index (χ0) is 14.7. The molecule has 0 aliphatic heterocycles. The molecule has 4 nitrogen and oxygen atoms in total. The minimum atomic E-state index is -3.54. The minimum Gasteiger partial charge on any atom is -0.389 e. The smallest absolute Gasteiger partial charge is 0.243 e. The number of hydrogen-bond donors (Lipinski definition) is 1. The van der Waals surface area contributed by atoms with Gasteiger partial charge in [0.05, 0.1) is 10.5 Å². The summed E-state index contributed by atoms with van der Waals surface area (Å²) in [5.41, 5.74) is 0.0522. The van der Waals surface area contributed by atoms with Crippen molar-refractivity contribution >= 4 is 10.0 Å². The van der Waals surface area contributed by atoms with E-state index in [1.54, 1.807) is 32.9 Å². The highest BCUT2D eigenvalue weighted by Crippen LogP contribution is 2.19. The zero-order valence-electron chi connectivity index (χ0n) is 12.0. The molecule has 0 spiro atoms. The molecule has 1 aromatic carbocycles. The van der Waals surface area contributed by atoms with E-state index in [2.05, 4.69) is 0 Å². The fourth-order valence-electron chi connectivity index (χ4n) is 1.84. The highest BCUT2D eigenvalue weighted by Gasteiger charge is 2.28. The molecule has 0 fully saturated rings. The molecule has 0 unspecified atom stereocenters. The predicted molar refractivity (Wildman–Crippen MR) is 76.6 cm³/mol. The van der Waals surface area contributed by atoms with Crippen LogP contribution in [0.2, 0.25) is 0 Å². The Hall–Kier alpha value is -0.910. The third kappa shape index (κ3) is 4.30. The lowest BCUT2D eigenvalue weighted by Crippen LogP contribution is -2.42. The Balaban J connectivity index is 3.06. The molecule has 108 valence electrons. The van der Waals surface area contributed by atoms with Crippen LogP contribution in [0.25, 0.3) is 0 Å². The molecule has 19 heavy (non-hydrogen) atoms. The van der Waals surface area contributed by atoms with Crippen molar-refractivity contribution in [2.24, 2.45) is 0 Å². The Kier molecular flexibility index (Phi) is 5.12. The van der Waals surface area contributed by atoms with Gasteiger partial charge in [-0.2, -0.15) is 4.31 Å². The van der Waals surface area contributed by atoms with Gasteiger partial charge >= 0.3 is 0 Å². The number of sulfonamides is 1. The van der Waals surface area contributed by atoms with Crippen LogP contribution >= 0.6 is 0 Å². The summed E-state index contributed by atoms with van der Waals surface area (Å²) in [6.07, 6.45) is 0.876. The number of rotatable bonds is 6. The van der Waals surface area contributed by atoms with Gasteiger partial charge in [-0.1, -0.05) is 26.0 Å². The Bertz CT molecular complexity index is 500. The fraction of sp³-hybridized carbons (Fsp3) is 0.571. The van der Waals surface area contributed by atoms with Gasteiger partial charge in [-0.05, 0) is 38.0 Å². The van der Waals surface area contributed by atoms with Gasteiger partial charge in [-0.15, -0.1) is 0 Å². The lowest BCUT2D eigenvalue weighted by Gasteiger charge is -2.27. The molecule has 5 heteroatoms. The van der Waals surface area contributed by atoms with Crippen LogP contribution < -0.4 is 0 Å². The molecule has 1 aromatic rings. The normalized spacial score (nSPS) is 12.9. The van der Waals surface area contributed by atoms with Gasteiger partial charge in [0.1, 0.15) is 0 Å². The molecule has 0 atom stereocenters. The minimum absolute atomic E-state index is 0.0847. The second kappa shape index (κ2) is 6.03. The van der Waals surface area contributed by atoms with E-state index in [1.807, 2.05) is 19.1 Å². The summed E-state index contributed by atoms with van der Waals surface area (Å²) in [6.45, 7) is 7.42. The van der Waals surface area contributed by atoms with Crippen LogP contribution in [-0.2, 0) is 16.4 Å². The van der Waals surface area contributed by atoms with E-state index < -0.39 is 15.6 Å². The number of benzene rings is 1. The molecule has 1 rings (SSSR count). The van der Waals surface area contributed by atoms with Gasteiger partial charge in [0.2, 0.25) is 10.0 Å². The summed E-state index contributed by atoms with van der Waals surface area (Å²) in [5.74, 6) is 0. The van der Waals surface area contributed by atoms with Gasteiger partial charge in [0, 0.05) is 13.1 Å². The molecule has 0 saturated carbocycles. The predicted octanol–water partition coefficient (Wildman–Crippen LogP) is 2.03. The van der Waals surface area contributed by atoms with Crippen LogP contribution in [0.4, 0.5) is 0 Å². The fourth-order valence-corrected chi connectivity index (χ4v) is 3.45. The maximum atomic E-state index is 12.5. The number of aliphatic hydroxyl groups is 1. The van der Waals surface area contributed by atoms with E-state index in [0.717, 1.165) is 12.0 Å². The van der Waals surface area contributed by atoms with Gasteiger partial charge in [-0.25, -0.2) is 8.42 Å². The molecule has 0 heterocycles. The van der Waals surface area contributed by atoms with Gasteiger partial charge < -0.3 is 5.11 Å². The molecular weight excluding hydrogens is 262 g/mol. The third-order valence-corrected chi connectivity index (χ3v) is 4.82. The first kappa shape index (κ1) is 16.1. The third-order valence-electron chi connectivity index (χ3n) is 2.89. The van der Waals surface area contributed by atoms with E-state index >= 15 is 0 Å². The molecule has 0 saturated heterocycles. The molecule has 0 amide bonds. The van der Waals surface area contributed by atoms with Gasteiger partial charge in [0.15, 0.2) is 0 Å². The van der Waals surface area contributed by atoms with Crippen LogP contribution in [0.15, 0.2) is 29.2 Å². The van der Waals surface area contributed by atoms with E-state index in [4.69, 9.17) is 0 Å². The molecule has 0 aliphatic rings. The SMILES string of the molecule is CCc1ccc(S(=O)(=O)N(CC)CC(C)(C)O)cc1. The highest BCUT2D eigenvalue weighted by atomic mass is 32.2. The molecule has 1 N–H and O–H groups in total. The maximum Gasteiger partial charge on any atom is 0.243 e. The highest BCUT2D eigenvalue weighted by molar-refractivity contribution is 7.89. The van der Waals surface area contributed by atoms with Crippen molar-refractivity contribution in [3.05, 3.63) is 29.8 Å². The number of hydrogen-bond acceptors (Lipinski definition) is 3. The summed E-state index contributed by atoms with van der Waals surface area (Å²) in [7, 11) is -3.54. The molecule has 0 radical (unpaired) electrons. The van der Waals surface area contributed by atoms with Crippen LogP contribution in [-0.4, -0.2) is 36.5 Å². The summed E-state index contributed by atoms with van der Waals surface area (Å²) < 4.78 is 26.2. The lowest BCUT2D eigenvalue weighted by atomic mass is 10.1. The zero-order valence-corrected chi connectivity index (χ0v) is 12.9. The molecule has 0 bridgehead atoms. The first-order chi connectivity index (χ1) is 8.70. The maximum absolute atomic E-state index is 12.5. The van der Waals surface area contributed by atoms with Crippen LogP contribution in [0.5, 0.6) is 0 Å². The van der Waals surface area contributed by atoms with Crippen molar-refractivity contribution in [2.45, 2.75) is 44.6 Å². The van der Waals surface area contributed by atoms with Crippen LogP contribution in [0.3, 0.4) is 0 Å². The van der Waals surface area contributed by atoms with Crippen molar-refractivity contribution in [1.82, 2.24) is 4.31 Å². The Labute approximate surface area is 116 Å². The number of nitrogens with zero attached hydrogens (tertiary/aromatic N) is 1. The standard InChI is InChI=1S/C14H23NO3S/c1-5-12-7-9-13(10-8-12)19(17,18)15(6-2)11-14(3,4)16/h7-10,16H,5-6,11H2,1-4H3. The second-order valence-electron chi connectivity index (χ2n) is 5.24. The summed E-state index contributed by atoms with van der Waals surface area (Å²) in [4.78, 5) is 0.274. The van der Waals surface area contributed by atoms with Crippen molar-refractivity contribution in [2.75, 3.05) is 13.1 Å². The quantitative estimate of drug-likeness (QED) is 0.870. The van der Waals surface area contributed by atoms with Crippen LogP contribution in [0, 0.1) is 0 Å². The Morgan fingerprint density at radius 1 is 1.16 bits per heavy atom. The van der Waals surface area contributed by atoms with Crippen molar-refractivity contribution in [1.29, 1.82) is 0 Å². The van der Waals surface area contributed by atoms with E-state index in [0.29, 0.717) is 6.54 Å². The summed E-state index contributed by atoms with van der Waals surface area (Å²) >= 11 is 0. The first-order valence-corrected chi connectivity index (χ1v) is 7.96. The lowest BCUT2D eigenvalue weighted by molar-refractivity contribution is 0.0601. The van der Waals surface area contributed by atoms with Crippen molar-refractivity contribution in [3.8, 4) is 0 Å². The average molecular weight is 285 g/mol. The van der Waals surface area contributed by atoms with E-state index in [9.17, 15) is 13.5 Å². The van der Waals surface area contributed by atoms with E-state index in [-0.39, 0.29) is 11.4 Å². The topological polar surface area (TPSA) is 57.6 Å². The summed E-state index contributed by atoms with van der Waals surface area (Å²) in [5, 5.41) is 9.81. The van der Waals surface area contributed by atoms with E-state index in [1.165, 1.54) is 4.31 Å². The monoisotopic (exact) mass is 285 g/mol. The molecule has 0 aliphatic carbocycles. The Morgan fingerprint density at radius 2 is 1.68 bits per heavy atom. The van der Waals surface area contributed by atoms with Gasteiger partial charge in [0.25, 0.3) is 0 Å². The van der Waals surface area contributed by atoms with Crippen LogP contribution in [0.1, 0.15) is 33.3 Å². The van der Waals surface area contributed by atoms with Crippen molar-refractivity contribution in [3.63, 3.8) is 0 Å². The first-order valence-electron chi connectivity index (χ1n) is 6.52. The average Bonchev–Trinajstić information content (AvgIpc) is 2.34. The number of likely N-dealkylation sites (N-methyl/N-ethyl adjacent to an activating group) is 1. The Morgan fingerprint density at radius 3 is 2.05 bits per heavy atom. The van der Waals surface area contributed by atoms with Gasteiger partial charge in [-0.3, -0.25) is 0 Å². The van der Waals surface area contributed by atoms with Crippen molar-refractivity contribution < 1.29 is 13.5 Å². The second-order valence-corrected chi connectivity index (χ2v) is 7.18. The number of aryl methyl sites for hydroxylation is 1.